The molecule has 2 unspecified atom stereocenters. The molecule has 4 aliphatic rings. The van der Waals surface area contributed by atoms with E-state index in [4.69, 9.17) is 0 Å². The van der Waals surface area contributed by atoms with E-state index in [1.807, 2.05) is 0 Å². The number of nitrogens with zero attached hydrogens (tertiary/aromatic N) is 3. The van der Waals surface area contributed by atoms with Crippen molar-refractivity contribution >= 4 is 68.6 Å². The highest BCUT2D eigenvalue weighted by molar-refractivity contribution is 7.00. The van der Waals surface area contributed by atoms with Crippen molar-refractivity contribution in [2.75, 3.05) is 14.7 Å². The summed E-state index contributed by atoms with van der Waals surface area (Å²) in [5.74, 6) is 0. The minimum absolute atomic E-state index is 0.00875. The number of anilines is 8. The number of fused-ring (bicyclic) bond motifs is 7. The van der Waals surface area contributed by atoms with E-state index in [0.29, 0.717) is 0 Å². The molecule has 7 aromatic rings. The number of hydrogen-bond acceptors (Lipinski definition) is 3. The maximum atomic E-state index is 2.80. The van der Waals surface area contributed by atoms with Gasteiger partial charge in [-0.1, -0.05) is 152 Å². The van der Waals surface area contributed by atoms with Gasteiger partial charge in [-0.15, -0.1) is 0 Å². The second-order valence-corrected chi connectivity index (χ2v) is 21.4. The molecule has 0 N–H and O–H groups in total. The fourth-order valence-corrected chi connectivity index (χ4v) is 12.0. The van der Waals surface area contributed by atoms with Crippen molar-refractivity contribution in [1.82, 2.24) is 0 Å². The standard InChI is InChI=1S/C59H60BN3/c1-39-20-13-14-25-46(39)40-28-31-50-47(34-40)58(8)32-17-18-33-59(58,9)63(50)45-37-53-55-54(38-45)62(44-24-19-21-41(35-44)56(2,3)4)52-36-42(57(5,6)7)29-30-49(52)60(55)48-26-15-16-27-51(48)61(53)43-22-11-10-12-23-43/h10-16,19-31,34-38H,17-18,32-33H2,1-9H3. The summed E-state index contributed by atoms with van der Waals surface area (Å²) in [6.45, 7) is 21.5. The van der Waals surface area contributed by atoms with Gasteiger partial charge in [0.2, 0.25) is 0 Å². The van der Waals surface area contributed by atoms with Crippen LogP contribution in [0.4, 0.5) is 45.5 Å². The minimum Gasteiger partial charge on any atom is -0.334 e. The van der Waals surface area contributed by atoms with Gasteiger partial charge in [-0.2, -0.15) is 0 Å². The quantitative estimate of drug-likeness (QED) is 0.164. The zero-order valence-electron chi connectivity index (χ0n) is 38.7. The zero-order chi connectivity index (χ0) is 43.6. The van der Waals surface area contributed by atoms with Gasteiger partial charge in [-0.05, 0) is 148 Å². The minimum atomic E-state index is -0.134. The van der Waals surface area contributed by atoms with Gasteiger partial charge in [0, 0.05) is 50.9 Å². The average molecular weight is 822 g/mol. The van der Waals surface area contributed by atoms with E-state index in [-0.39, 0.29) is 28.5 Å². The van der Waals surface area contributed by atoms with Crippen LogP contribution in [0.2, 0.25) is 0 Å². The highest BCUT2D eigenvalue weighted by Crippen LogP contribution is 2.62. The van der Waals surface area contributed by atoms with E-state index < -0.39 is 0 Å². The summed E-state index contributed by atoms with van der Waals surface area (Å²) in [7, 11) is 0. The van der Waals surface area contributed by atoms with E-state index in [1.54, 1.807) is 0 Å². The summed E-state index contributed by atoms with van der Waals surface area (Å²) in [6.07, 6.45) is 4.77. The van der Waals surface area contributed by atoms with Crippen LogP contribution < -0.4 is 31.1 Å². The first-order valence-corrected chi connectivity index (χ1v) is 23.4. The third-order valence-electron chi connectivity index (χ3n) is 15.6. The van der Waals surface area contributed by atoms with Crippen molar-refractivity contribution in [3.63, 3.8) is 0 Å². The fourth-order valence-electron chi connectivity index (χ4n) is 12.0. The Labute approximate surface area is 376 Å². The molecule has 314 valence electrons. The highest BCUT2D eigenvalue weighted by atomic mass is 15.3. The first-order chi connectivity index (χ1) is 30.2. The number of aryl methyl sites for hydroxylation is 1. The van der Waals surface area contributed by atoms with Gasteiger partial charge in [0.25, 0.3) is 6.71 Å². The van der Waals surface area contributed by atoms with E-state index in [0.717, 1.165) is 6.42 Å². The Kier molecular flexibility index (Phi) is 8.85. The molecule has 0 amide bonds. The van der Waals surface area contributed by atoms with Gasteiger partial charge in [0.05, 0.1) is 5.54 Å². The topological polar surface area (TPSA) is 9.72 Å². The molecule has 3 heterocycles. The molecule has 0 saturated heterocycles. The van der Waals surface area contributed by atoms with Crippen LogP contribution in [0.5, 0.6) is 0 Å². The second-order valence-electron chi connectivity index (χ2n) is 21.4. The molecule has 3 nitrogen and oxygen atoms in total. The third kappa shape index (κ3) is 5.93. The summed E-state index contributed by atoms with van der Waals surface area (Å²) in [5, 5.41) is 0. The Bertz CT molecular complexity index is 2950. The average Bonchev–Trinajstić information content (AvgIpc) is 3.48. The summed E-state index contributed by atoms with van der Waals surface area (Å²) < 4.78 is 0. The Morgan fingerprint density at radius 3 is 1.87 bits per heavy atom. The van der Waals surface area contributed by atoms with Crippen LogP contribution in [0.3, 0.4) is 0 Å². The molecule has 63 heavy (non-hydrogen) atoms. The van der Waals surface area contributed by atoms with Crippen LogP contribution in [0, 0.1) is 6.92 Å². The maximum Gasteiger partial charge on any atom is 0.252 e. The van der Waals surface area contributed by atoms with Crippen molar-refractivity contribution < 1.29 is 0 Å². The third-order valence-corrected chi connectivity index (χ3v) is 15.6. The molecule has 2 atom stereocenters. The van der Waals surface area contributed by atoms with Crippen molar-refractivity contribution in [1.29, 1.82) is 0 Å². The molecule has 0 radical (unpaired) electrons. The molecule has 1 aliphatic carbocycles. The number of hydrogen-bond donors (Lipinski definition) is 0. The Hall–Kier alpha value is -6.00. The lowest BCUT2D eigenvalue weighted by Gasteiger charge is -2.51. The Morgan fingerprint density at radius 1 is 0.492 bits per heavy atom. The molecule has 1 fully saturated rings. The van der Waals surface area contributed by atoms with Crippen LogP contribution in [-0.4, -0.2) is 12.3 Å². The lowest BCUT2D eigenvalue weighted by molar-refractivity contribution is 0.195. The highest BCUT2D eigenvalue weighted by Gasteiger charge is 2.58. The molecular formula is C59H60BN3. The molecule has 1 saturated carbocycles. The summed E-state index contributed by atoms with van der Waals surface area (Å²) >= 11 is 0. The second kappa shape index (κ2) is 14.0. The predicted octanol–water partition coefficient (Wildman–Crippen LogP) is 14.1. The lowest BCUT2D eigenvalue weighted by Crippen LogP contribution is -2.61. The van der Waals surface area contributed by atoms with E-state index in [9.17, 15) is 0 Å². The van der Waals surface area contributed by atoms with E-state index >= 15 is 0 Å². The summed E-state index contributed by atoms with van der Waals surface area (Å²) in [4.78, 5) is 7.99. The van der Waals surface area contributed by atoms with Crippen molar-refractivity contribution in [3.8, 4) is 11.1 Å². The molecule has 7 aromatic carbocycles. The monoisotopic (exact) mass is 821 g/mol. The van der Waals surface area contributed by atoms with Crippen molar-refractivity contribution in [2.24, 2.45) is 0 Å². The van der Waals surface area contributed by atoms with Gasteiger partial charge >= 0.3 is 0 Å². The Morgan fingerprint density at radius 2 is 1.13 bits per heavy atom. The van der Waals surface area contributed by atoms with E-state index in [2.05, 4.69) is 229 Å². The normalized spacial score (nSPS) is 19.9. The molecule has 4 heteroatoms. The van der Waals surface area contributed by atoms with Gasteiger partial charge in [-0.3, -0.25) is 0 Å². The Balaban J connectivity index is 1.24. The lowest BCUT2D eigenvalue weighted by atomic mass is 9.33. The van der Waals surface area contributed by atoms with Crippen molar-refractivity contribution in [3.05, 3.63) is 174 Å². The maximum absolute atomic E-state index is 2.80. The first-order valence-electron chi connectivity index (χ1n) is 23.4. The van der Waals surface area contributed by atoms with Crippen LogP contribution in [-0.2, 0) is 16.2 Å². The molecule has 11 rings (SSSR count). The van der Waals surface area contributed by atoms with Crippen LogP contribution in [0.15, 0.2) is 152 Å². The first kappa shape index (κ1) is 39.8. The number of rotatable bonds is 4. The zero-order valence-corrected chi connectivity index (χ0v) is 38.7. The SMILES string of the molecule is Cc1ccccc1-c1ccc2c(c1)C1(C)CCCCC1(C)N2c1cc2c3c(c1)N(c1cccc(C(C)(C)C)c1)c1cc(C(C)(C)C)ccc1B3c1ccccc1N2c1ccccc1. The number of para-hydroxylation sites is 2. The molecule has 0 aromatic heterocycles. The summed E-state index contributed by atoms with van der Waals surface area (Å²) in [5.41, 5.74) is 22.0. The largest absolute Gasteiger partial charge is 0.334 e. The van der Waals surface area contributed by atoms with E-state index in [1.165, 1.54) is 115 Å². The van der Waals surface area contributed by atoms with Crippen LogP contribution in [0.25, 0.3) is 11.1 Å². The molecule has 0 spiro atoms. The molecule has 0 bridgehead atoms. The molecule has 3 aliphatic heterocycles. The summed E-state index contributed by atoms with van der Waals surface area (Å²) in [6, 6.07) is 58.4. The van der Waals surface area contributed by atoms with Crippen LogP contribution >= 0.6 is 0 Å². The fraction of sp³-hybridized carbons (Fsp3) is 0.288. The van der Waals surface area contributed by atoms with Gasteiger partial charge in [0.15, 0.2) is 0 Å². The van der Waals surface area contributed by atoms with Gasteiger partial charge in [0.1, 0.15) is 0 Å². The van der Waals surface area contributed by atoms with Gasteiger partial charge in [-0.25, -0.2) is 0 Å². The van der Waals surface area contributed by atoms with Crippen molar-refractivity contribution in [2.45, 2.75) is 110 Å². The predicted molar refractivity (Wildman–Crippen MR) is 271 cm³/mol. The number of benzene rings is 7. The molecular weight excluding hydrogens is 761 g/mol. The van der Waals surface area contributed by atoms with Crippen LogP contribution in [0.1, 0.15) is 103 Å². The van der Waals surface area contributed by atoms with Gasteiger partial charge < -0.3 is 14.7 Å². The smallest absolute Gasteiger partial charge is 0.252 e.